The van der Waals surface area contributed by atoms with Gasteiger partial charge in [0.25, 0.3) is 0 Å². The van der Waals surface area contributed by atoms with Crippen LogP contribution in [0.1, 0.15) is 24.8 Å². The molecule has 1 N–H and O–H groups in total. The molecule has 0 radical (unpaired) electrons. The minimum Gasteiger partial charge on any atom is -0.497 e. The van der Waals surface area contributed by atoms with Crippen molar-refractivity contribution in [3.05, 3.63) is 29.8 Å². The second kappa shape index (κ2) is 11.8. The average Bonchev–Trinajstić information content (AvgIpc) is 2.91. The molecule has 1 aliphatic rings. The van der Waals surface area contributed by atoms with E-state index in [4.69, 9.17) is 4.74 Å². The summed E-state index contributed by atoms with van der Waals surface area (Å²) in [5, 5.41) is 3.00. The van der Waals surface area contributed by atoms with Gasteiger partial charge in [0.1, 0.15) is 5.75 Å². The van der Waals surface area contributed by atoms with Gasteiger partial charge in [0, 0.05) is 45.6 Å². The smallest absolute Gasteiger partial charge is 0.223 e. The van der Waals surface area contributed by atoms with Crippen molar-refractivity contribution in [3.8, 4) is 5.75 Å². The van der Waals surface area contributed by atoms with E-state index in [0.29, 0.717) is 32.5 Å². The predicted octanol–water partition coefficient (Wildman–Crippen LogP) is 1.72. The Balaban J connectivity index is 0.00000338. The number of carbonyl (C=O) groups is 2. The Morgan fingerprint density at radius 2 is 1.58 bits per heavy atom. The SMILES string of the molecule is CNCCC(=O)N1CCCN(C(=O)CCc2ccc(OC)cc2)CC1.Cl. The third-order valence-corrected chi connectivity index (χ3v) is 4.58. The van der Waals surface area contributed by atoms with Gasteiger partial charge in [-0.1, -0.05) is 12.1 Å². The van der Waals surface area contributed by atoms with E-state index in [2.05, 4.69) is 5.32 Å². The molecule has 1 aromatic rings. The Morgan fingerprint density at radius 3 is 2.12 bits per heavy atom. The van der Waals surface area contributed by atoms with Gasteiger partial charge in [0.05, 0.1) is 7.11 Å². The maximum Gasteiger partial charge on any atom is 0.223 e. The van der Waals surface area contributed by atoms with E-state index in [1.165, 1.54) is 0 Å². The van der Waals surface area contributed by atoms with Crippen molar-refractivity contribution in [3.63, 3.8) is 0 Å². The number of ether oxygens (including phenoxy) is 1. The second-order valence-electron chi connectivity index (χ2n) is 6.32. The molecule has 7 heteroatoms. The molecular formula is C19H30ClN3O3. The van der Waals surface area contributed by atoms with Crippen LogP contribution in [-0.2, 0) is 16.0 Å². The zero-order valence-corrected chi connectivity index (χ0v) is 16.5. The molecule has 0 atom stereocenters. The molecule has 146 valence electrons. The van der Waals surface area contributed by atoms with Gasteiger partial charge >= 0.3 is 0 Å². The molecule has 1 fully saturated rings. The lowest BCUT2D eigenvalue weighted by molar-refractivity contribution is -0.133. The van der Waals surface area contributed by atoms with Crippen LogP contribution in [0, 0.1) is 0 Å². The minimum absolute atomic E-state index is 0. The highest BCUT2D eigenvalue weighted by molar-refractivity contribution is 5.85. The number of aryl methyl sites for hydroxylation is 1. The molecule has 0 aromatic heterocycles. The number of methoxy groups -OCH3 is 1. The maximum atomic E-state index is 12.5. The fourth-order valence-corrected chi connectivity index (χ4v) is 3.01. The van der Waals surface area contributed by atoms with Gasteiger partial charge < -0.3 is 19.9 Å². The number of hydrogen-bond acceptors (Lipinski definition) is 4. The van der Waals surface area contributed by atoms with E-state index in [9.17, 15) is 9.59 Å². The molecule has 0 bridgehead atoms. The predicted molar refractivity (Wildman–Crippen MR) is 105 cm³/mol. The summed E-state index contributed by atoms with van der Waals surface area (Å²) in [6.07, 6.45) is 2.59. The fourth-order valence-electron chi connectivity index (χ4n) is 3.01. The molecule has 0 spiro atoms. The van der Waals surface area contributed by atoms with Gasteiger partial charge in [0.15, 0.2) is 0 Å². The number of nitrogens with one attached hydrogen (secondary N) is 1. The molecule has 1 heterocycles. The highest BCUT2D eigenvalue weighted by Gasteiger charge is 2.21. The molecule has 0 unspecified atom stereocenters. The lowest BCUT2D eigenvalue weighted by Crippen LogP contribution is -2.38. The number of nitrogens with zero attached hydrogens (tertiary/aromatic N) is 2. The molecule has 2 amide bonds. The fraction of sp³-hybridized carbons (Fsp3) is 0.579. The zero-order valence-electron chi connectivity index (χ0n) is 15.7. The normalized spacial score (nSPS) is 14.4. The van der Waals surface area contributed by atoms with Crippen molar-refractivity contribution in [1.82, 2.24) is 15.1 Å². The molecular weight excluding hydrogens is 354 g/mol. The highest BCUT2D eigenvalue weighted by atomic mass is 35.5. The lowest BCUT2D eigenvalue weighted by atomic mass is 10.1. The summed E-state index contributed by atoms with van der Waals surface area (Å²) in [4.78, 5) is 28.4. The summed E-state index contributed by atoms with van der Waals surface area (Å²) in [5.41, 5.74) is 1.13. The van der Waals surface area contributed by atoms with Gasteiger partial charge in [-0.3, -0.25) is 9.59 Å². The number of hydrogen-bond donors (Lipinski definition) is 1. The topological polar surface area (TPSA) is 61.9 Å². The van der Waals surface area contributed by atoms with Crippen LogP contribution < -0.4 is 10.1 Å². The number of halogens is 1. The van der Waals surface area contributed by atoms with E-state index in [1.54, 1.807) is 7.11 Å². The van der Waals surface area contributed by atoms with Crippen LogP contribution in [0.4, 0.5) is 0 Å². The first-order chi connectivity index (χ1) is 12.1. The molecule has 6 nitrogen and oxygen atoms in total. The molecule has 26 heavy (non-hydrogen) atoms. The zero-order chi connectivity index (χ0) is 18.1. The third kappa shape index (κ3) is 6.84. The van der Waals surface area contributed by atoms with Crippen LogP contribution >= 0.6 is 12.4 Å². The van der Waals surface area contributed by atoms with Crippen molar-refractivity contribution in [1.29, 1.82) is 0 Å². The average molecular weight is 384 g/mol. The van der Waals surface area contributed by atoms with Crippen molar-refractivity contribution in [2.75, 3.05) is 46.9 Å². The molecule has 1 aromatic carbocycles. The van der Waals surface area contributed by atoms with Crippen LogP contribution in [0.25, 0.3) is 0 Å². The summed E-state index contributed by atoms with van der Waals surface area (Å²) in [5.74, 6) is 1.16. The van der Waals surface area contributed by atoms with E-state index in [-0.39, 0.29) is 24.2 Å². The minimum atomic E-state index is 0. The number of amides is 2. The summed E-state index contributed by atoms with van der Waals surface area (Å²) < 4.78 is 5.15. The van der Waals surface area contributed by atoms with Gasteiger partial charge in [0.2, 0.25) is 11.8 Å². The van der Waals surface area contributed by atoms with Crippen LogP contribution in [0.5, 0.6) is 5.75 Å². The number of rotatable bonds is 7. The summed E-state index contributed by atoms with van der Waals surface area (Å²) >= 11 is 0. The molecule has 2 rings (SSSR count). The Morgan fingerprint density at radius 1 is 1.00 bits per heavy atom. The number of carbonyl (C=O) groups excluding carboxylic acids is 2. The second-order valence-corrected chi connectivity index (χ2v) is 6.32. The van der Waals surface area contributed by atoms with E-state index >= 15 is 0 Å². The number of benzene rings is 1. The van der Waals surface area contributed by atoms with Crippen LogP contribution in [0.2, 0.25) is 0 Å². The molecule has 0 aliphatic carbocycles. The van der Waals surface area contributed by atoms with Crippen LogP contribution in [0.3, 0.4) is 0 Å². The van der Waals surface area contributed by atoms with Gasteiger partial charge in [-0.05, 0) is 37.6 Å². The Kier molecular flexibility index (Phi) is 10.1. The molecule has 0 saturated carbocycles. The third-order valence-electron chi connectivity index (χ3n) is 4.58. The Hall–Kier alpha value is -1.79. The van der Waals surface area contributed by atoms with Crippen molar-refractivity contribution in [2.24, 2.45) is 0 Å². The standard InChI is InChI=1S/C19H29N3O3.ClH/c1-20-11-10-19(24)22-13-3-12-21(14-15-22)18(23)9-6-16-4-7-17(25-2)8-5-16;/h4-5,7-8,20H,3,6,9-15H2,1-2H3;1H. The first-order valence-electron chi connectivity index (χ1n) is 8.97. The van der Waals surface area contributed by atoms with Gasteiger partial charge in [-0.2, -0.15) is 0 Å². The molecule has 1 aliphatic heterocycles. The summed E-state index contributed by atoms with van der Waals surface area (Å²) in [6.45, 7) is 3.44. The monoisotopic (exact) mass is 383 g/mol. The van der Waals surface area contributed by atoms with Gasteiger partial charge in [-0.15, -0.1) is 12.4 Å². The highest BCUT2D eigenvalue weighted by Crippen LogP contribution is 2.14. The van der Waals surface area contributed by atoms with Crippen molar-refractivity contribution in [2.45, 2.75) is 25.7 Å². The van der Waals surface area contributed by atoms with Crippen molar-refractivity contribution >= 4 is 24.2 Å². The molecule has 1 saturated heterocycles. The summed E-state index contributed by atoms with van der Waals surface area (Å²) in [7, 11) is 3.49. The van der Waals surface area contributed by atoms with Crippen LogP contribution in [0.15, 0.2) is 24.3 Å². The van der Waals surface area contributed by atoms with Crippen LogP contribution in [-0.4, -0.2) is 68.5 Å². The van der Waals surface area contributed by atoms with E-state index < -0.39 is 0 Å². The van der Waals surface area contributed by atoms with E-state index in [1.807, 2.05) is 41.1 Å². The Labute approximate surface area is 162 Å². The first kappa shape index (κ1) is 22.3. The first-order valence-corrected chi connectivity index (χ1v) is 8.97. The van der Waals surface area contributed by atoms with Gasteiger partial charge in [-0.25, -0.2) is 0 Å². The van der Waals surface area contributed by atoms with E-state index in [0.717, 1.165) is 37.2 Å². The Bertz CT molecular complexity index is 566. The van der Waals surface area contributed by atoms with Crippen molar-refractivity contribution < 1.29 is 14.3 Å². The largest absolute Gasteiger partial charge is 0.497 e. The quantitative estimate of drug-likeness (QED) is 0.778. The summed E-state index contributed by atoms with van der Waals surface area (Å²) in [6, 6.07) is 7.83. The maximum absolute atomic E-state index is 12.5. The lowest BCUT2D eigenvalue weighted by Gasteiger charge is -2.22.